The molecule has 0 fully saturated rings. The van der Waals surface area contributed by atoms with Crippen LogP contribution in [0.15, 0.2) is 95.9 Å². The zero-order chi connectivity index (χ0) is 29.0. The molecule has 1 amide bonds. The highest BCUT2D eigenvalue weighted by atomic mass is 32.2. The van der Waals surface area contributed by atoms with Gasteiger partial charge in [-0.15, -0.1) is 0 Å². The van der Waals surface area contributed by atoms with Crippen molar-refractivity contribution in [3.05, 3.63) is 108 Å². The molecule has 0 saturated heterocycles. The Labute approximate surface area is 241 Å². The number of methoxy groups -OCH3 is 2. The molecule has 212 valence electrons. The van der Waals surface area contributed by atoms with Crippen LogP contribution in [0.25, 0.3) is 11.1 Å². The summed E-state index contributed by atoms with van der Waals surface area (Å²) in [5, 5.41) is 0. The number of amides is 1. The standard InChI is InChI=1S/C33H34N2O5S/c1-35(33(36)20-23-9-7-13-28(19-23)39-2)30-14-8-12-25-15-17-27(22-29(25)30)34-41(37,38)32-21-26(16-18-31(32)40-3)24-10-5-4-6-11-24/h4-7,9-11,13,15-19,21-22,30,34H,8,12,14,20H2,1-3H3. The van der Waals surface area contributed by atoms with E-state index < -0.39 is 10.0 Å². The zero-order valence-electron chi connectivity index (χ0n) is 23.5. The van der Waals surface area contributed by atoms with E-state index in [0.717, 1.165) is 47.1 Å². The summed E-state index contributed by atoms with van der Waals surface area (Å²) in [7, 11) is 0.898. The third-order valence-corrected chi connectivity index (χ3v) is 8.99. The number of carbonyl (C=O) groups is 1. The molecule has 0 bridgehead atoms. The largest absolute Gasteiger partial charge is 0.497 e. The summed E-state index contributed by atoms with van der Waals surface area (Å²) in [6.45, 7) is 0. The average Bonchev–Trinajstić information content (AvgIpc) is 3.00. The van der Waals surface area contributed by atoms with Crippen molar-refractivity contribution in [2.24, 2.45) is 0 Å². The van der Waals surface area contributed by atoms with Crippen LogP contribution in [0.4, 0.5) is 5.69 Å². The summed E-state index contributed by atoms with van der Waals surface area (Å²) in [5.41, 5.74) is 5.08. The van der Waals surface area contributed by atoms with E-state index in [2.05, 4.69) is 4.72 Å². The Balaban J connectivity index is 1.40. The maximum atomic E-state index is 13.6. The van der Waals surface area contributed by atoms with E-state index in [-0.39, 0.29) is 29.0 Å². The molecule has 1 aliphatic carbocycles. The van der Waals surface area contributed by atoms with E-state index in [4.69, 9.17) is 9.47 Å². The maximum Gasteiger partial charge on any atom is 0.265 e. The second kappa shape index (κ2) is 12.1. The number of ether oxygens (including phenoxy) is 2. The molecule has 4 aromatic carbocycles. The van der Waals surface area contributed by atoms with Gasteiger partial charge in [0.25, 0.3) is 10.0 Å². The molecular formula is C33H34N2O5S. The molecule has 0 heterocycles. The SMILES string of the molecule is COc1cccc(CC(=O)N(C)C2CCCc3ccc(NS(=O)(=O)c4cc(-c5ccccc5)ccc4OC)cc32)c1. The molecule has 1 atom stereocenters. The highest BCUT2D eigenvalue weighted by molar-refractivity contribution is 7.92. The smallest absolute Gasteiger partial charge is 0.265 e. The van der Waals surface area contributed by atoms with Gasteiger partial charge in [0.05, 0.1) is 26.7 Å². The Hall–Kier alpha value is -4.30. The fraction of sp³-hybridized carbons (Fsp3) is 0.242. The topological polar surface area (TPSA) is 84.9 Å². The van der Waals surface area contributed by atoms with Gasteiger partial charge >= 0.3 is 0 Å². The molecule has 1 N–H and O–H groups in total. The quantitative estimate of drug-likeness (QED) is 0.257. The number of aryl methyl sites for hydroxylation is 1. The number of hydrogen-bond acceptors (Lipinski definition) is 5. The van der Waals surface area contributed by atoms with Gasteiger partial charge in [-0.2, -0.15) is 0 Å². The number of hydrogen-bond donors (Lipinski definition) is 1. The molecule has 4 aromatic rings. The van der Waals surface area contributed by atoms with Gasteiger partial charge in [-0.25, -0.2) is 8.42 Å². The van der Waals surface area contributed by atoms with E-state index in [1.807, 2.05) is 79.8 Å². The summed E-state index contributed by atoms with van der Waals surface area (Å²) < 4.78 is 40.8. The van der Waals surface area contributed by atoms with Crippen LogP contribution in [0.2, 0.25) is 0 Å². The van der Waals surface area contributed by atoms with Crippen molar-refractivity contribution in [1.29, 1.82) is 0 Å². The number of likely N-dealkylation sites (N-methyl/N-ethyl adjacent to an activating group) is 1. The lowest BCUT2D eigenvalue weighted by Gasteiger charge is -2.34. The minimum absolute atomic E-state index is 0.00968. The second-order valence-corrected chi connectivity index (χ2v) is 11.8. The van der Waals surface area contributed by atoms with Crippen molar-refractivity contribution < 1.29 is 22.7 Å². The molecular weight excluding hydrogens is 536 g/mol. The fourth-order valence-corrected chi connectivity index (χ4v) is 6.65. The van der Waals surface area contributed by atoms with Crippen LogP contribution in [0.3, 0.4) is 0 Å². The Kier molecular flexibility index (Phi) is 8.31. The summed E-state index contributed by atoms with van der Waals surface area (Å²) in [6, 6.07) is 27.7. The summed E-state index contributed by atoms with van der Waals surface area (Å²) in [4.78, 5) is 15.1. The van der Waals surface area contributed by atoms with Crippen molar-refractivity contribution in [3.63, 3.8) is 0 Å². The van der Waals surface area contributed by atoms with Crippen molar-refractivity contribution >= 4 is 21.6 Å². The molecule has 1 unspecified atom stereocenters. The van der Waals surface area contributed by atoms with Gasteiger partial charge < -0.3 is 14.4 Å². The Bertz CT molecular complexity index is 1650. The number of fused-ring (bicyclic) bond motifs is 1. The van der Waals surface area contributed by atoms with E-state index in [9.17, 15) is 13.2 Å². The first-order valence-electron chi connectivity index (χ1n) is 13.6. The number of carbonyl (C=O) groups excluding carboxylic acids is 1. The van der Waals surface area contributed by atoms with Crippen LogP contribution in [-0.2, 0) is 27.7 Å². The minimum Gasteiger partial charge on any atom is -0.497 e. The van der Waals surface area contributed by atoms with Crippen molar-refractivity contribution in [2.45, 2.75) is 36.6 Å². The number of nitrogens with zero attached hydrogens (tertiary/aromatic N) is 1. The van der Waals surface area contributed by atoms with Crippen LogP contribution < -0.4 is 14.2 Å². The van der Waals surface area contributed by atoms with Crippen molar-refractivity contribution in [3.8, 4) is 22.6 Å². The van der Waals surface area contributed by atoms with Crippen molar-refractivity contribution in [2.75, 3.05) is 26.0 Å². The molecule has 8 heteroatoms. The van der Waals surface area contributed by atoms with E-state index in [0.29, 0.717) is 11.4 Å². The lowest BCUT2D eigenvalue weighted by Crippen LogP contribution is -2.34. The maximum absolute atomic E-state index is 13.6. The molecule has 0 aromatic heterocycles. The minimum atomic E-state index is -3.98. The van der Waals surface area contributed by atoms with Gasteiger partial charge in [-0.1, -0.05) is 54.6 Å². The van der Waals surface area contributed by atoms with Crippen LogP contribution in [0, 0.1) is 0 Å². The van der Waals surface area contributed by atoms with Crippen molar-refractivity contribution in [1.82, 2.24) is 4.90 Å². The van der Waals surface area contributed by atoms with E-state index in [1.165, 1.54) is 7.11 Å². The summed E-state index contributed by atoms with van der Waals surface area (Å²) in [5.74, 6) is 0.962. The number of nitrogens with one attached hydrogen (secondary N) is 1. The molecule has 5 rings (SSSR count). The number of rotatable bonds is 9. The first kappa shape index (κ1) is 28.2. The molecule has 0 aliphatic heterocycles. The molecule has 0 radical (unpaired) electrons. The number of benzene rings is 4. The highest BCUT2D eigenvalue weighted by Crippen LogP contribution is 2.37. The van der Waals surface area contributed by atoms with E-state index >= 15 is 0 Å². The van der Waals surface area contributed by atoms with Crippen LogP contribution in [-0.4, -0.2) is 40.5 Å². The molecule has 1 aliphatic rings. The monoisotopic (exact) mass is 570 g/mol. The second-order valence-electron chi connectivity index (χ2n) is 10.2. The fourth-order valence-electron chi connectivity index (χ4n) is 5.40. The predicted molar refractivity (Wildman–Crippen MR) is 161 cm³/mol. The molecule has 7 nitrogen and oxygen atoms in total. The number of sulfonamides is 1. The van der Waals surface area contributed by atoms with Crippen LogP contribution in [0.5, 0.6) is 11.5 Å². The summed E-state index contributed by atoms with van der Waals surface area (Å²) in [6.07, 6.45) is 2.88. The average molecular weight is 571 g/mol. The van der Waals surface area contributed by atoms with Gasteiger partial charge in [-0.05, 0) is 83.5 Å². The number of anilines is 1. The normalized spacial score (nSPS) is 14.6. The van der Waals surface area contributed by atoms with Crippen LogP contribution >= 0.6 is 0 Å². The van der Waals surface area contributed by atoms with Gasteiger partial charge in [0.1, 0.15) is 16.4 Å². The third-order valence-electron chi connectivity index (χ3n) is 7.59. The van der Waals surface area contributed by atoms with E-state index in [1.54, 1.807) is 30.2 Å². The molecule has 0 saturated carbocycles. The van der Waals surface area contributed by atoms with Crippen LogP contribution in [0.1, 0.15) is 35.6 Å². The Morgan fingerprint density at radius 3 is 2.46 bits per heavy atom. The van der Waals surface area contributed by atoms with Gasteiger partial charge in [0.2, 0.25) is 5.91 Å². The predicted octanol–water partition coefficient (Wildman–Crippen LogP) is 6.25. The lowest BCUT2D eigenvalue weighted by atomic mass is 9.86. The van der Waals surface area contributed by atoms with Gasteiger partial charge in [0, 0.05) is 12.7 Å². The lowest BCUT2D eigenvalue weighted by molar-refractivity contribution is -0.131. The Morgan fingerprint density at radius 1 is 0.902 bits per heavy atom. The first-order valence-corrected chi connectivity index (χ1v) is 15.0. The highest BCUT2D eigenvalue weighted by Gasteiger charge is 2.28. The molecule has 0 spiro atoms. The van der Waals surface area contributed by atoms with Gasteiger partial charge in [-0.3, -0.25) is 9.52 Å². The Morgan fingerprint density at radius 2 is 1.71 bits per heavy atom. The third kappa shape index (κ3) is 6.23. The zero-order valence-corrected chi connectivity index (χ0v) is 24.3. The molecule has 41 heavy (non-hydrogen) atoms. The van der Waals surface area contributed by atoms with Gasteiger partial charge in [0.15, 0.2) is 0 Å². The first-order chi connectivity index (χ1) is 19.8. The summed E-state index contributed by atoms with van der Waals surface area (Å²) >= 11 is 0.